The Hall–Kier alpha value is -2.11. The van der Waals surface area contributed by atoms with Gasteiger partial charge in [-0.3, -0.25) is 14.9 Å². The van der Waals surface area contributed by atoms with Crippen molar-refractivity contribution in [2.24, 2.45) is 0 Å². The summed E-state index contributed by atoms with van der Waals surface area (Å²) in [4.78, 5) is 21.6. The normalized spacial score (nSPS) is 12.0. The van der Waals surface area contributed by atoms with E-state index in [4.69, 9.17) is 4.74 Å². The van der Waals surface area contributed by atoms with Gasteiger partial charge in [0, 0.05) is 18.2 Å². The van der Waals surface area contributed by atoms with Crippen molar-refractivity contribution < 1.29 is 14.5 Å². The van der Waals surface area contributed by atoms with E-state index in [1.165, 1.54) is 24.3 Å². The SMILES string of the molecule is CC(C)NC(=O)C(C)Oc1ccc([N+](=O)[O-])cc1. The minimum atomic E-state index is -0.645. The highest BCUT2D eigenvalue weighted by Crippen LogP contribution is 2.18. The maximum absolute atomic E-state index is 11.6. The van der Waals surface area contributed by atoms with Crippen molar-refractivity contribution in [3.8, 4) is 5.75 Å². The van der Waals surface area contributed by atoms with Gasteiger partial charge in [-0.1, -0.05) is 0 Å². The first-order chi connectivity index (χ1) is 8.40. The number of carbonyl (C=O) groups is 1. The Morgan fingerprint density at radius 1 is 1.28 bits per heavy atom. The maximum Gasteiger partial charge on any atom is 0.269 e. The number of hydrogen-bond acceptors (Lipinski definition) is 4. The van der Waals surface area contributed by atoms with Gasteiger partial charge in [-0.2, -0.15) is 0 Å². The van der Waals surface area contributed by atoms with Crippen LogP contribution in [0.4, 0.5) is 5.69 Å². The lowest BCUT2D eigenvalue weighted by Crippen LogP contribution is -2.39. The second-order valence-electron chi connectivity index (χ2n) is 4.17. The Morgan fingerprint density at radius 3 is 2.28 bits per heavy atom. The Morgan fingerprint density at radius 2 is 1.83 bits per heavy atom. The van der Waals surface area contributed by atoms with Gasteiger partial charge in [-0.25, -0.2) is 0 Å². The molecule has 1 atom stereocenters. The van der Waals surface area contributed by atoms with E-state index in [0.29, 0.717) is 5.75 Å². The van der Waals surface area contributed by atoms with Crippen LogP contribution in [0.3, 0.4) is 0 Å². The van der Waals surface area contributed by atoms with Crippen molar-refractivity contribution >= 4 is 11.6 Å². The molecule has 0 aliphatic rings. The molecule has 0 aliphatic carbocycles. The Labute approximate surface area is 105 Å². The fourth-order valence-corrected chi connectivity index (χ4v) is 1.31. The van der Waals surface area contributed by atoms with Gasteiger partial charge in [-0.05, 0) is 32.9 Å². The first-order valence-electron chi connectivity index (χ1n) is 5.61. The lowest BCUT2D eigenvalue weighted by molar-refractivity contribution is -0.384. The molecule has 0 bridgehead atoms. The van der Waals surface area contributed by atoms with Gasteiger partial charge in [0.25, 0.3) is 11.6 Å². The molecule has 1 unspecified atom stereocenters. The third-order valence-electron chi connectivity index (χ3n) is 2.16. The summed E-state index contributed by atoms with van der Waals surface area (Å²) >= 11 is 0. The van der Waals surface area contributed by atoms with E-state index in [1.807, 2.05) is 13.8 Å². The zero-order chi connectivity index (χ0) is 13.7. The molecule has 0 spiro atoms. The zero-order valence-electron chi connectivity index (χ0n) is 10.5. The minimum absolute atomic E-state index is 0.0124. The molecule has 6 nitrogen and oxygen atoms in total. The number of non-ortho nitro benzene ring substituents is 1. The minimum Gasteiger partial charge on any atom is -0.481 e. The van der Waals surface area contributed by atoms with E-state index in [-0.39, 0.29) is 17.6 Å². The third kappa shape index (κ3) is 4.04. The van der Waals surface area contributed by atoms with Crippen molar-refractivity contribution in [3.05, 3.63) is 34.4 Å². The summed E-state index contributed by atoms with van der Waals surface area (Å²) in [6.45, 7) is 5.34. The first-order valence-corrected chi connectivity index (χ1v) is 5.61. The second kappa shape index (κ2) is 6.00. The average Bonchev–Trinajstić information content (AvgIpc) is 2.28. The number of nitrogens with zero attached hydrogens (tertiary/aromatic N) is 1. The topological polar surface area (TPSA) is 81.5 Å². The van der Waals surface area contributed by atoms with Crippen molar-refractivity contribution in [2.45, 2.75) is 32.9 Å². The molecule has 0 saturated carbocycles. The predicted molar refractivity (Wildman–Crippen MR) is 66.5 cm³/mol. The molecule has 0 saturated heterocycles. The van der Waals surface area contributed by atoms with Crippen LogP contribution < -0.4 is 10.1 Å². The Balaban J connectivity index is 2.61. The summed E-state index contributed by atoms with van der Waals surface area (Å²) in [6.07, 6.45) is -0.645. The van der Waals surface area contributed by atoms with Crippen LogP contribution in [-0.2, 0) is 4.79 Å². The number of amides is 1. The molecule has 0 radical (unpaired) electrons. The predicted octanol–water partition coefficient (Wildman–Crippen LogP) is 1.89. The number of rotatable bonds is 5. The number of benzene rings is 1. The number of carbonyl (C=O) groups excluding carboxylic acids is 1. The van der Waals surface area contributed by atoms with Gasteiger partial charge in [-0.15, -0.1) is 0 Å². The number of nitro groups is 1. The summed E-state index contributed by atoms with van der Waals surface area (Å²) in [5, 5.41) is 13.2. The number of hydrogen-bond donors (Lipinski definition) is 1. The van der Waals surface area contributed by atoms with Crippen LogP contribution in [0.2, 0.25) is 0 Å². The molecule has 0 heterocycles. The first kappa shape index (κ1) is 14.0. The number of ether oxygens (including phenoxy) is 1. The number of nitrogens with one attached hydrogen (secondary N) is 1. The van der Waals surface area contributed by atoms with Crippen LogP contribution in [-0.4, -0.2) is 23.0 Å². The molecule has 98 valence electrons. The van der Waals surface area contributed by atoms with E-state index in [2.05, 4.69) is 5.32 Å². The molecule has 18 heavy (non-hydrogen) atoms. The van der Waals surface area contributed by atoms with Gasteiger partial charge >= 0.3 is 0 Å². The van der Waals surface area contributed by atoms with Gasteiger partial charge in [0.15, 0.2) is 6.10 Å². The smallest absolute Gasteiger partial charge is 0.269 e. The second-order valence-corrected chi connectivity index (χ2v) is 4.17. The molecule has 6 heteroatoms. The molecular formula is C12H16N2O4. The van der Waals surface area contributed by atoms with Gasteiger partial charge in [0.2, 0.25) is 0 Å². The fraction of sp³-hybridized carbons (Fsp3) is 0.417. The standard InChI is InChI=1S/C12H16N2O4/c1-8(2)13-12(15)9(3)18-11-6-4-10(5-7-11)14(16)17/h4-9H,1-3H3,(H,13,15). The lowest BCUT2D eigenvalue weighted by atomic mass is 10.3. The molecule has 1 amide bonds. The molecular weight excluding hydrogens is 236 g/mol. The molecule has 1 rings (SSSR count). The van der Waals surface area contributed by atoms with E-state index in [1.54, 1.807) is 6.92 Å². The highest BCUT2D eigenvalue weighted by atomic mass is 16.6. The van der Waals surface area contributed by atoms with Crippen LogP contribution in [0.25, 0.3) is 0 Å². The van der Waals surface area contributed by atoms with Crippen molar-refractivity contribution in [2.75, 3.05) is 0 Å². The lowest BCUT2D eigenvalue weighted by Gasteiger charge is -2.16. The summed E-state index contributed by atoms with van der Waals surface area (Å²) in [5.41, 5.74) is -0.0124. The summed E-state index contributed by atoms with van der Waals surface area (Å²) < 4.78 is 5.38. The monoisotopic (exact) mass is 252 g/mol. The highest BCUT2D eigenvalue weighted by Gasteiger charge is 2.15. The zero-order valence-corrected chi connectivity index (χ0v) is 10.5. The third-order valence-corrected chi connectivity index (χ3v) is 2.16. The van der Waals surface area contributed by atoms with Crippen LogP contribution in [0.1, 0.15) is 20.8 Å². The van der Waals surface area contributed by atoms with Crippen molar-refractivity contribution in [1.82, 2.24) is 5.32 Å². The Bertz CT molecular complexity index is 428. The van der Waals surface area contributed by atoms with E-state index in [9.17, 15) is 14.9 Å². The molecule has 0 fully saturated rings. The van der Waals surface area contributed by atoms with Gasteiger partial charge < -0.3 is 10.1 Å². The molecule has 1 aromatic carbocycles. The number of nitro benzene ring substituents is 1. The Kier molecular flexibility index (Phi) is 4.65. The van der Waals surface area contributed by atoms with Crippen LogP contribution in [0, 0.1) is 10.1 Å². The van der Waals surface area contributed by atoms with Crippen LogP contribution in [0.5, 0.6) is 5.75 Å². The van der Waals surface area contributed by atoms with E-state index in [0.717, 1.165) is 0 Å². The average molecular weight is 252 g/mol. The van der Waals surface area contributed by atoms with Crippen molar-refractivity contribution in [1.29, 1.82) is 0 Å². The molecule has 1 aromatic rings. The highest BCUT2D eigenvalue weighted by molar-refractivity contribution is 5.80. The van der Waals surface area contributed by atoms with Crippen molar-refractivity contribution in [3.63, 3.8) is 0 Å². The summed E-state index contributed by atoms with van der Waals surface area (Å²) in [6, 6.07) is 5.65. The summed E-state index contributed by atoms with van der Waals surface area (Å²) in [7, 11) is 0. The largest absolute Gasteiger partial charge is 0.481 e. The fourth-order valence-electron chi connectivity index (χ4n) is 1.31. The van der Waals surface area contributed by atoms with Gasteiger partial charge in [0.1, 0.15) is 5.75 Å². The molecule has 0 aromatic heterocycles. The summed E-state index contributed by atoms with van der Waals surface area (Å²) in [5.74, 6) is 0.204. The molecule has 0 aliphatic heterocycles. The van der Waals surface area contributed by atoms with E-state index < -0.39 is 11.0 Å². The van der Waals surface area contributed by atoms with Crippen LogP contribution in [0.15, 0.2) is 24.3 Å². The van der Waals surface area contributed by atoms with E-state index >= 15 is 0 Å². The quantitative estimate of drug-likeness (QED) is 0.640. The molecule has 1 N–H and O–H groups in total. The maximum atomic E-state index is 11.6. The van der Waals surface area contributed by atoms with Gasteiger partial charge in [0.05, 0.1) is 4.92 Å². The van der Waals surface area contributed by atoms with Crippen LogP contribution >= 0.6 is 0 Å².